The second kappa shape index (κ2) is 5.55. The molecule has 18 heavy (non-hydrogen) atoms. The number of hydrogen-bond donors (Lipinski definition) is 0. The molecule has 0 atom stereocenters. The van der Waals surface area contributed by atoms with Crippen molar-refractivity contribution >= 4 is 11.9 Å². The van der Waals surface area contributed by atoms with Gasteiger partial charge < -0.3 is 0 Å². The SMILES string of the molecule is N#Cc1cccc(C=CC(=O)c2ccccc2)n1. The molecule has 1 aromatic carbocycles. The van der Waals surface area contributed by atoms with Crippen LogP contribution in [0.3, 0.4) is 0 Å². The molecule has 0 saturated carbocycles. The van der Waals surface area contributed by atoms with E-state index >= 15 is 0 Å². The van der Waals surface area contributed by atoms with E-state index in [1.165, 1.54) is 6.08 Å². The highest BCUT2D eigenvalue weighted by Gasteiger charge is 2.00. The highest BCUT2D eigenvalue weighted by Crippen LogP contribution is 2.04. The first kappa shape index (κ1) is 11.7. The van der Waals surface area contributed by atoms with Crippen LogP contribution in [-0.2, 0) is 0 Å². The van der Waals surface area contributed by atoms with Crippen LogP contribution in [0.15, 0.2) is 54.6 Å². The van der Waals surface area contributed by atoms with Crippen molar-refractivity contribution in [3.8, 4) is 6.07 Å². The van der Waals surface area contributed by atoms with E-state index in [4.69, 9.17) is 5.26 Å². The van der Waals surface area contributed by atoms with Gasteiger partial charge in [-0.25, -0.2) is 4.98 Å². The summed E-state index contributed by atoms with van der Waals surface area (Å²) < 4.78 is 0. The quantitative estimate of drug-likeness (QED) is 0.606. The van der Waals surface area contributed by atoms with Crippen molar-refractivity contribution in [3.63, 3.8) is 0 Å². The summed E-state index contributed by atoms with van der Waals surface area (Å²) in [6.45, 7) is 0. The van der Waals surface area contributed by atoms with Gasteiger partial charge in [0.2, 0.25) is 0 Å². The van der Waals surface area contributed by atoms with Gasteiger partial charge >= 0.3 is 0 Å². The highest BCUT2D eigenvalue weighted by molar-refractivity contribution is 6.06. The van der Waals surface area contributed by atoms with E-state index in [9.17, 15) is 4.79 Å². The Balaban J connectivity index is 2.16. The number of nitrogens with zero attached hydrogens (tertiary/aromatic N) is 2. The molecule has 0 radical (unpaired) electrons. The molecule has 1 aromatic heterocycles. The van der Waals surface area contributed by atoms with Crippen LogP contribution >= 0.6 is 0 Å². The molecule has 0 aliphatic rings. The third kappa shape index (κ3) is 2.89. The topological polar surface area (TPSA) is 53.8 Å². The van der Waals surface area contributed by atoms with E-state index in [1.807, 2.05) is 24.3 Å². The number of ketones is 1. The molecule has 3 nitrogen and oxygen atoms in total. The second-order valence-corrected chi connectivity index (χ2v) is 3.62. The van der Waals surface area contributed by atoms with Gasteiger partial charge in [-0.05, 0) is 24.3 Å². The Morgan fingerprint density at radius 3 is 2.61 bits per heavy atom. The Kier molecular flexibility index (Phi) is 3.62. The van der Waals surface area contributed by atoms with Gasteiger partial charge in [0.15, 0.2) is 5.78 Å². The summed E-state index contributed by atoms with van der Waals surface area (Å²) in [5, 5.41) is 8.71. The lowest BCUT2D eigenvalue weighted by Crippen LogP contribution is -1.93. The van der Waals surface area contributed by atoms with Crippen LogP contribution < -0.4 is 0 Å². The maximum absolute atomic E-state index is 11.8. The summed E-state index contributed by atoms with van der Waals surface area (Å²) in [5.74, 6) is -0.0836. The largest absolute Gasteiger partial charge is 0.289 e. The van der Waals surface area contributed by atoms with Crippen molar-refractivity contribution in [2.24, 2.45) is 0 Å². The molecule has 0 aliphatic heterocycles. The standard InChI is InChI=1S/C15H10N2O/c16-11-14-8-4-7-13(17-14)9-10-15(18)12-5-2-1-3-6-12/h1-10H. The van der Waals surface area contributed by atoms with Crippen molar-refractivity contribution in [1.29, 1.82) is 5.26 Å². The maximum Gasteiger partial charge on any atom is 0.185 e. The van der Waals surface area contributed by atoms with Crippen LogP contribution in [0.4, 0.5) is 0 Å². The van der Waals surface area contributed by atoms with Crippen LogP contribution in [0.25, 0.3) is 6.08 Å². The lowest BCUT2D eigenvalue weighted by atomic mass is 10.1. The molecule has 2 rings (SSSR count). The lowest BCUT2D eigenvalue weighted by Gasteiger charge is -1.95. The molecule has 0 amide bonds. The molecule has 0 N–H and O–H groups in total. The summed E-state index contributed by atoms with van der Waals surface area (Å²) in [4.78, 5) is 15.8. The van der Waals surface area contributed by atoms with Crippen LogP contribution in [0, 0.1) is 11.3 Å². The number of pyridine rings is 1. The molecule has 0 saturated heterocycles. The van der Waals surface area contributed by atoms with Crippen molar-refractivity contribution in [2.75, 3.05) is 0 Å². The Morgan fingerprint density at radius 2 is 1.89 bits per heavy atom. The highest BCUT2D eigenvalue weighted by atomic mass is 16.1. The molecule has 0 spiro atoms. The summed E-state index contributed by atoms with van der Waals surface area (Å²) in [6.07, 6.45) is 3.06. The van der Waals surface area contributed by atoms with Gasteiger partial charge in [0.1, 0.15) is 11.8 Å². The molecule has 0 bridgehead atoms. The fourth-order valence-electron chi connectivity index (χ4n) is 1.47. The van der Waals surface area contributed by atoms with E-state index in [2.05, 4.69) is 4.98 Å². The summed E-state index contributed by atoms with van der Waals surface area (Å²) >= 11 is 0. The third-order valence-corrected chi connectivity index (χ3v) is 2.35. The molecule has 3 heteroatoms. The number of allylic oxidation sites excluding steroid dienone is 1. The van der Waals surface area contributed by atoms with Crippen LogP contribution in [0.1, 0.15) is 21.7 Å². The van der Waals surface area contributed by atoms with Crippen molar-refractivity contribution in [3.05, 3.63) is 71.6 Å². The van der Waals surface area contributed by atoms with Gasteiger partial charge in [0.05, 0.1) is 5.69 Å². The van der Waals surface area contributed by atoms with Crippen molar-refractivity contribution in [2.45, 2.75) is 0 Å². The number of carbonyl (C=O) groups is 1. The number of aromatic nitrogens is 1. The normalized spacial score (nSPS) is 10.2. The molecule has 1 heterocycles. The second-order valence-electron chi connectivity index (χ2n) is 3.62. The van der Waals surface area contributed by atoms with E-state index in [-0.39, 0.29) is 5.78 Å². The number of rotatable bonds is 3. The predicted molar refractivity (Wildman–Crippen MR) is 68.8 cm³/mol. The van der Waals surface area contributed by atoms with E-state index < -0.39 is 0 Å². The Labute approximate surface area is 105 Å². The first-order chi connectivity index (χ1) is 8.79. The minimum Gasteiger partial charge on any atom is -0.289 e. The minimum atomic E-state index is -0.0836. The van der Waals surface area contributed by atoms with Gasteiger partial charge in [0, 0.05) is 5.56 Å². The van der Waals surface area contributed by atoms with E-state index in [1.54, 1.807) is 36.4 Å². The zero-order chi connectivity index (χ0) is 12.8. The van der Waals surface area contributed by atoms with Crippen LogP contribution in [0.2, 0.25) is 0 Å². The Morgan fingerprint density at radius 1 is 1.11 bits per heavy atom. The van der Waals surface area contributed by atoms with Crippen LogP contribution in [-0.4, -0.2) is 10.8 Å². The van der Waals surface area contributed by atoms with Crippen molar-refractivity contribution in [1.82, 2.24) is 4.98 Å². The Bertz CT molecular complexity index is 624. The average Bonchev–Trinajstić information content (AvgIpc) is 2.46. The summed E-state index contributed by atoms with van der Waals surface area (Å²) in [6, 6.07) is 16.1. The smallest absolute Gasteiger partial charge is 0.185 e. The number of nitriles is 1. The molecular formula is C15H10N2O. The predicted octanol–water partition coefficient (Wildman–Crippen LogP) is 2.85. The number of hydrogen-bond acceptors (Lipinski definition) is 3. The lowest BCUT2D eigenvalue weighted by molar-refractivity contribution is 0.104. The Hall–Kier alpha value is -2.73. The number of benzene rings is 1. The fourth-order valence-corrected chi connectivity index (χ4v) is 1.47. The maximum atomic E-state index is 11.8. The zero-order valence-electron chi connectivity index (χ0n) is 9.58. The molecule has 2 aromatic rings. The van der Waals surface area contributed by atoms with Gasteiger partial charge in [-0.2, -0.15) is 5.26 Å². The molecule has 0 unspecified atom stereocenters. The van der Waals surface area contributed by atoms with Gasteiger partial charge in [-0.3, -0.25) is 4.79 Å². The molecule has 86 valence electrons. The van der Waals surface area contributed by atoms with Gasteiger partial charge in [-0.15, -0.1) is 0 Å². The fraction of sp³-hybridized carbons (Fsp3) is 0. The number of carbonyl (C=O) groups excluding carboxylic acids is 1. The first-order valence-corrected chi connectivity index (χ1v) is 5.44. The van der Waals surface area contributed by atoms with Crippen LogP contribution in [0.5, 0.6) is 0 Å². The van der Waals surface area contributed by atoms with Gasteiger partial charge in [0.25, 0.3) is 0 Å². The van der Waals surface area contributed by atoms with Gasteiger partial charge in [-0.1, -0.05) is 36.4 Å². The zero-order valence-corrected chi connectivity index (χ0v) is 9.58. The molecule has 0 fully saturated rings. The minimum absolute atomic E-state index is 0.0836. The monoisotopic (exact) mass is 234 g/mol. The van der Waals surface area contributed by atoms with E-state index in [0.29, 0.717) is 17.0 Å². The third-order valence-electron chi connectivity index (χ3n) is 2.35. The molecular weight excluding hydrogens is 224 g/mol. The average molecular weight is 234 g/mol. The van der Waals surface area contributed by atoms with E-state index in [0.717, 1.165) is 0 Å². The first-order valence-electron chi connectivity index (χ1n) is 5.44. The molecule has 0 aliphatic carbocycles. The summed E-state index contributed by atoms with van der Waals surface area (Å²) in [7, 11) is 0. The summed E-state index contributed by atoms with van der Waals surface area (Å²) in [5.41, 5.74) is 1.56. The van der Waals surface area contributed by atoms with Crippen molar-refractivity contribution < 1.29 is 4.79 Å².